The molecule has 1 fully saturated rings. The van der Waals surface area contributed by atoms with Crippen LogP contribution in [0.5, 0.6) is 0 Å². The smallest absolute Gasteiger partial charge is 0.0434 e. The third-order valence-electron chi connectivity index (χ3n) is 3.13. The Morgan fingerprint density at radius 3 is 2.71 bits per heavy atom. The van der Waals surface area contributed by atoms with E-state index in [9.17, 15) is 0 Å². The highest BCUT2D eigenvalue weighted by Gasteiger charge is 2.49. The molecule has 76 valence electrons. The first-order valence-corrected chi connectivity index (χ1v) is 5.18. The van der Waals surface area contributed by atoms with Crippen molar-refractivity contribution in [3.05, 3.63) is 35.9 Å². The lowest BCUT2D eigenvalue weighted by atomic mass is 10.0. The van der Waals surface area contributed by atoms with E-state index in [2.05, 4.69) is 12.1 Å². The molecule has 2 nitrogen and oxygen atoms in total. The highest BCUT2D eigenvalue weighted by atomic mass is 16.3. The number of aliphatic hydroxyl groups is 1. The first-order chi connectivity index (χ1) is 6.74. The minimum atomic E-state index is -0.0376. The first-order valence-electron chi connectivity index (χ1n) is 5.18. The van der Waals surface area contributed by atoms with Crippen molar-refractivity contribution >= 4 is 0 Å². The van der Waals surface area contributed by atoms with Crippen LogP contribution in [0.25, 0.3) is 0 Å². The van der Waals surface area contributed by atoms with E-state index in [0.717, 1.165) is 19.3 Å². The molecule has 1 aromatic rings. The van der Waals surface area contributed by atoms with Crippen LogP contribution in [0.3, 0.4) is 0 Å². The fourth-order valence-electron chi connectivity index (χ4n) is 2.14. The molecule has 0 saturated heterocycles. The molecular formula is C12H17NO. The number of hydrogen-bond acceptors (Lipinski definition) is 2. The maximum absolute atomic E-state index is 8.82. The summed E-state index contributed by atoms with van der Waals surface area (Å²) in [6.07, 6.45) is 2.85. The normalized spacial score (nSPS) is 30.3. The summed E-state index contributed by atoms with van der Waals surface area (Å²) >= 11 is 0. The second-order valence-electron chi connectivity index (χ2n) is 4.31. The SMILES string of the molecule is N[C@]1(Cc2ccccc2)C[C@@H]1CCO. The van der Waals surface area contributed by atoms with Gasteiger partial charge in [-0.3, -0.25) is 0 Å². The second kappa shape index (κ2) is 3.71. The van der Waals surface area contributed by atoms with Crippen LogP contribution in [0.15, 0.2) is 30.3 Å². The van der Waals surface area contributed by atoms with E-state index in [0.29, 0.717) is 5.92 Å². The molecule has 14 heavy (non-hydrogen) atoms. The van der Waals surface area contributed by atoms with Crippen molar-refractivity contribution in [1.29, 1.82) is 0 Å². The van der Waals surface area contributed by atoms with E-state index in [1.165, 1.54) is 5.56 Å². The summed E-state index contributed by atoms with van der Waals surface area (Å²) in [4.78, 5) is 0. The Bertz CT molecular complexity index is 298. The van der Waals surface area contributed by atoms with Gasteiger partial charge in [0, 0.05) is 12.1 Å². The van der Waals surface area contributed by atoms with Crippen LogP contribution in [0.2, 0.25) is 0 Å². The maximum atomic E-state index is 8.82. The van der Waals surface area contributed by atoms with Crippen molar-refractivity contribution in [3.63, 3.8) is 0 Å². The van der Waals surface area contributed by atoms with Crippen molar-refractivity contribution in [3.8, 4) is 0 Å². The van der Waals surface area contributed by atoms with E-state index in [1.807, 2.05) is 18.2 Å². The van der Waals surface area contributed by atoms with E-state index in [-0.39, 0.29) is 12.1 Å². The molecule has 0 unspecified atom stereocenters. The lowest BCUT2D eigenvalue weighted by Crippen LogP contribution is -2.28. The molecular weight excluding hydrogens is 174 g/mol. The predicted octanol–water partition coefficient (Wildman–Crippen LogP) is 1.33. The molecule has 1 saturated carbocycles. The number of benzene rings is 1. The van der Waals surface area contributed by atoms with Crippen LogP contribution in [-0.2, 0) is 6.42 Å². The van der Waals surface area contributed by atoms with Crippen molar-refractivity contribution in [2.75, 3.05) is 6.61 Å². The van der Waals surface area contributed by atoms with Gasteiger partial charge in [-0.05, 0) is 30.7 Å². The fourth-order valence-corrected chi connectivity index (χ4v) is 2.14. The second-order valence-corrected chi connectivity index (χ2v) is 4.31. The van der Waals surface area contributed by atoms with Crippen LogP contribution >= 0.6 is 0 Å². The van der Waals surface area contributed by atoms with Gasteiger partial charge >= 0.3 is 0 Å². The molecule has 1 aliphatic carbocycles. The molecule has 1 aromatic carbocycles. The third kappa shape index (κ3) is 1.97. The van der Waals surface area contributed by atoms with Gasteiger partial charge in [0.05, 0.1) is 0 Å². The predicted molar refractivity (Wildman–Crippen MR) is 56.9 cm³/mol. The van der Waals surface area contributed by atoms with Crippen LogP contribution in [0.1, 0.15) is 18.4 Å². The Balaban J connectivity index is 1.94. The van der Waals surface area contributed by atoms with Gasteiger partial charge in [-0.25, -0.2) is 0 Å². The van der Waals surface area contributed by atoms with Gasteiger partial charge in [0.15, 0.2) is 0 Å². The Morgan fingerprint density at radius 1 is 1.36 bits per heavy atom. The molecule has 1 aliphatic rings. The average Bonchev–Trinajstić information content (AvgIpc) is 2.78. The third-order valence-corrected chi connectivity index (χ3v) is 3.13. The lowest BCUT2D eigenvalue weighted by molar-refractivity contribution is 0.274. The van der Waals surface area contributed by atoms with E-state index in [1.54, 1.807) is 0 Å². The highest BCUT2D eigenvalue weighted by Crippen LogP contribution is 2.45. The molecule has 2 heteroatoms. The van der Waals surface area contributed by atoms with Crippen LogP contribution in [0.4, 0.5) is 0 Å². The fraction of sp³-hybridized carbons (Fsp3) is 0.500. The number of nitrogens with two attached hydrogens (primary N) is 1. The van der Waals surface area contributed by atoms with Crippen LogP contribution < -0.4 is 5.73 Å². The van der Waals surface area contributed by atoms with Gasteiger partial charge in [-0.2, -0.15) is 0 Å². The van der Waals surface area contributed by atoms with Crippen LogP contribution in [0, 0.1) is 5.92 Å². The van der Waals surface area contributed by atoms with Gasteiger partial charge < -0.3 is 10.8 Å². The van der Waals surface area contributed by atoms with E-state index in [4.69, 9.17) is 10.8 Å². The zero-order chi connectivity index (χ0) is 10.0. The number of rotatable bonds is 4. The van der Waals surface area contributed by atoms with Crippen molar-refractivity contribution in [2.24, 2.45) is 11.7 Å². The molecule has 0 bridgehead atoms. The maximum Gasteiger partial charge on any atom is 0.0434 e. The summed E-state index contributed by atoms with van der Waals surface area (Å²) in [6, 6.07) is 10.3. The molecule has 0 radical (unpaired) electrons. The molecule has 0 aromatic heterocycles. The lowest BCUT2D eigenvalue weighted by Gasteiger charge is -2.10. The summed E-state index contributed by atoms with van der Waals surface area (Å²) in [5, 5.41) is 8.82. The summed E-state index contributed by atoms with van der Waals surface area (Å²) in [7, 11) is 0. The monoisotopic (exact) mass is 191 g/mol. The van der Waals surface area contributed by atoms with E-state index < -0.39 is 0 Å². The topological polar surface area (TPSA) is 46.2 Å². The Labute approximate surface area is 84.7 Å². The van der Waals surface area contributed by atoms with Gasteiger partial charge in [-0.1, -0.05) is 30.3 Å². The summed E-state index contributed by atoms with van der Waals surface area (Å²) < 4.78 is 0. The first kappa shape index (κ1) is 9.69. The number of hydrogen-bond donors (Lipinski definition) is 2. The molecule has 0 aliphatic heterocycles. The van der Waals surface area contributed by atoms with Gasteiger partial charge in [0.25, 0.3) is 0 Å². The van der Waals surface area contributed by atoms with Gasteiger partial charge in [0.1, 0.15) is 0 Å². The quantitative estimate of drug-likeness (QED) is 0.754. The number of aliphatic hydroxyl groups excluding tert-OH is 1. The Hall–Kier alpha value is -0.860. The summed E-state index contributed by atoms with van der Waals surface area (Å²) in [5.41, 5.74) is 7.46. The standard InChI is InChI=1S/C12H17NO/c13-12(9-11(12)6-7-14)8-10-4-2-1-3-5-10/h1-5,11,14H,6-9,13H2/t11-,12+/m0/s1. The molecule has 2 rings (SSSR count). The summed E-state index contributed by atoms with van der Waals surface area (Å²) in [5.74, 6) is 0.521. The Kier molecular flexibility index (Phi) is 2.57. The zero-order valence-corrected chi connectivity index (χ0v) is 8.32. The largest absolute Gasteiger partial charge is 0.396 e. The van der Waals surface area contributed by atoms with E-state index >= 15 is 0 Å². The van der Waals surface area contributed by atoms with Gasteiger partial charge in [-0.15, -0.1) is 0 Å². The average molecular weight is 191 g/mol. The van der Waals surface area contributed by atoms with Crippen molar-refractivity contribution < 1.29 is 5.11 Å². The molecule has 0 amide bonds. The minimum absolute atomic E-state index is 0.0376. The zero-order valence-electron chi connectivity index (χ0n) is 8.32. The van der Waals surface area contributed by atoms with Gasteiger partial charge in [0.2, 0.25) is 0 Å². The summed E-state index contributed by atoms with van der Waals surface area (Å²) in [6.45, 7) is 0.262. The minimum Gasteiger partial charge on any atom is -0.396 e. The molecule has 0 heterocycles. The Morgan fingerprint density at radius 2 is 2.07 bits per heavy atom. The highest BCUT2D eigenvalue weighted by molar-refractivity contribution is 5.22. The molecule has 3 N–H and O–H groups in total. The van der Waals surface area contributed by atoms with Crippen molar-refractivity contribution in [2.45, 2.75) is 24.8 Å². The van der Waals surface area contributed by atoms with Crippen molar-refractivity contribution in [1.82, 2.24) is 0 Å². The van der Waals surface area contributed by atoms with Crippen LogP contribution in [-0.4, -0.2) is 17.3 Å². The molecule has 2 atom stereocenters. The molecule has 0 spiro atoms.